The maximum absolute atomic E-state index is 12.7. The fourth-order valence-corrected chi connectivity index (χ4v) is 2.91. The standard InChI is InChI=1S/C20H21NO2/c1-2-15-8-9-19(22)18(14-15)20(23)21-12-10-17(11-13-21)16-6-4-3-5-7-16/h3-10,14,22H,2,11-13H2,1H3. The molecule has 2 aromatic carbocycles. The Balaban J connectivity index is 1.77. The van der Waals surface area contributed by atoms with E-state index in [0.717, 1.165) is 18.4 Å². The molecule has 0 aromatic heterocycles. The summed E-state index contributed by atoms with van der Waals surface area (Å²) in [6.07, 6.45) is 3.79. The quantitative estimate of drug-likeness (QED) is 0.934. The molecule has 0 radical (unpaired) electrons. The van der Waals surface area contributed by atoms with E-state index in [9.17, 15) is 9.90 Å². The molecule has 3 rings (SSSR count). The first-order valence-electron chi connectivity index (χ1n) is 8.04. The van der Waals surface area contributed by atoms with Crippen LogP contribution >= 0.6 is 0 Å². The number of amides is 1. The van der Waals surface area contributed by atoms with Crippen molar-refractivity contribution in [2.24, 2.45) is 0 Å². The van der Waals surface area contributed by atoms with E-state index >= 15 is 0 Å². The molecule has 1 aliphatic rings. The Hall–Kier alpha value is -2.55. The van der Waals surface area contributed by atoms with Crippen LogP contribution in [0.4, 0.5) is 0 Å². The van der Waals surface area contributed by atoms with Gasteiger partial charge in [0.15, 0.2) is 0 Å². The highest BCUT2D eigenvalue weighted by Gasteiger charge is 2.21. The van der Waals surface area contributed by atoms with E-state index in [1.54, 1.807) is 17.0 Å². The maximum atomic E-state index is 12.7. The van der Waals surface area contributed by atoms with Crippen molar-refractivity contribution in [1.29, 1.82) is 0 Å². The van der Waals surface area contributed by atoms with Crippen LogP contribution in [0, 0.1) is 0 Å². The minimum atomic E-state index is -0.0961. The van der Waals surface area contributed by atoms with Gasteiger partial charge in [-0.2, -0.15) is 0 Å². The van der Waals surface area contributed by atoms with Crippen molar-refractivity contribution >= 4 is 11.5 Å². The highest BCUT2D eigenvalue weighted by atomic mass is 16.3. The minimum Gasteiger partial charge on any atom is -0.507 e. The Morgan fingerprint density at radius 1 is 1.17 bits per heavy atom. The molecule has 1 N–H and O–H groups in total. The van der Waals surface area contributed by atoms with E-state index in [4.69, 9.17) is 0 Å². The summed E-state index contributed by atoms with van der Waals surface area (Å²) in [5.41, 5.74) is 3.96. The molecule has 0 unspecified atom stereocenters. The van der Waals surface area contributed by atoms with E-state index in [-0.39, 0.29) is 11.7 Å². The molecule has 0 fully saturated rings. The molecule has 1 heterocycles. The molecule has 23 heavy (non-hydrogen) atoms. The van der Waals surface area contributed by atoms with E-state index in [0.29, 0.717) is 18.7 Å². The summed E-state index contributed by atoms with van der Waals surface area (Å²) >= 11 is 0. The monoisotopic (exact) mass is 307 g/mol. The van der Waals surface area contributed by atoms with Crippen LogP contribution in [0.25, 0.3) is 5.57 Å². The molecule has 0 aliphatic carbocycles. The number of aromatic hydroxyl groups is 1. The van der Waals surface area contributed by atoms with Crippen LogP contribution in [0.15, 0.2) is 54.6 Å². The summed E-state index contributed by atoms with van der Waals surface area (Å²) in [4.78, 5) is 14.5. The Morgan fingerprint density at radius 3 is 2.61 bits per heavy atom. The number of hydrogen-bond donors (Lipinski definition) is 1. The second kappa shape index (κ2) is 6.69. The normalized spacial score (nSPS) is 14.5. The van der Waals surface area contributed by atoms with Crippen LogP contribution in [0.1, 0.15) is 34.8 Å². The van der Waals surface area contributed by atoms with E-state index in [1.807, 2.05) is 31.2 Å². The lowest BCUT2D eigenvalue weighted by atomic mass is 9.99. The lowest BCUT2D eigenvalue weighted by Gasteiger charge is -2.27. The van der Waals surface area contributed by atoms with Crippen molar-refractivity contribution in [3.63, 3.8) is 0 Å². The van der Waals surface area contributed by atoms with Gasteiger partial charge in [0.2, 0.25) is 0 Å². The third-order valence-corrected chi connectivity index (χ3v) is 4.34. The number of phenols is 1. The highest BCUT2D eigenvalue weighted by molar-refractivity contribution is 5.97. The molecule has 3 heteroatoms. The summed E-state index contributed by atoms with van der Waals surface area (Å²) < 4.78 is 0. The average molecular weight is 307 g/mol. The molecule has 0 spiro atoms. The van der Waals surface area contributed by atoms with Crippen molar-refractivity contribution in [2.45, 2.75) is 19.8 Å². The van der Waals surface area contributed by atoms with E-state index < -0.39 is 0 Å². The molecule has 1 aliphatic heterocycles. The van der Waals surface area contributed by atoms with Crippen molar-refractivity contribution in [2.75, 3.05) is 13.1 Å². The Kier molecular flexibility index (Phi) is 4.47. The van der Waals surface area contributed by atoms with Crippen LogP contribution in [0.5, 0.6) is 5.75 Å². The van der Waals surface area contributed by atoms with Gasteiger partial charge < -0.3 is 10.0 Å². The van der Waals surface area contributed by atoms with E-state index in [2.05, 4.69) is 18.2 Å². The number of aryl methyl sites for hydroxylation is 1. The Morgan fingerprint density at radius 2 is 1.96 bits per heavy atom. The second-order valence-corrected chi connectivity index (χ2v) is 5.80. The molecular weight excluding hydrogens is 286 g/mol. The predicted molar refractivity (Wildman–Crippen MR) is 92.4 cm³/mol. The number of hydrogen-bond acceptors (Lipinski definition) is 2. The first kappa shape index (κ1) is 15.3. The van der Waals surface area contributed by atoms with Crippen LogP contribution in [-0.4, -0.2) is 29.0 Å². The summed E-state index contributed by atoms with van der Waals surface area (Å²) in [6.45, 7) is 3.30. The molecule has 1 amide bonds. The average Bonchev–Trinajstić information content (AvgIpc) is 2.62. The molecule has 118 valence electrons. The van der Waals surface area contributed by atoms with Gasteiger partial charge in [-0.3, -0.25) is 4.79 Å². The van der Waals surface area contributed by atoms with Crippen LogP contribution < -0.4 is 0 Å². The smallest absolute Gasteiger partial charge is 0.257 e. The summed E-state index contributed by atoms with van der Waals surface area (Å²) in [6, 6.07) is 15.5. The molecule has 2 aromatic rings. The van der Waals surface area contributed by atoms with Gasteiger partial charge >= 0.3 is 0 Å². The predicted octanol–water partition coefficient (Wildman–Crippen LogP) is 3.88. The first-order chi connectivity index (χ1) is 11.2. The highest BCUT2D eigenvalue weighted by Crippen LogP contribution is 2.25. The van der Waals surface area contributed by atoms with Crippen molar-refractivity contribution < 1.29 is 9.90 Å². The second-order valence-electron chi connectivity index (χ2n) is 5.80. The maximum Gasteiger partial charge on any atom is 0.257 e. The SMILES string of the molecule is CCc1ccc(O)c(C(=O)N2CC=C(c3ccccc3)CC2)c1. The van der Waals surface area contributed by atoms with Gasteiger partial charge in [0, 0.05) is 13.1 Å². The number of carbonyl (C=O) groups is 1. The van der Waals surface area contributed by atoms with Gasteiger partial charge in [0.1, 0.15) is 5.75 Å². The number of phenolic OH excluding ortho intramolecular Hbond substituents is 1. The van der Waals surface area contributed by atoms with Gasteiger partial charge in [0.25, 0.3) is 5.91 Å². The zero-order valence-corrected chi connectivity index (χ0v) is 13.3. The van der Waals surface area contributed by atoms with Crippen LogP contribution in [0.3, 0.4) is 0 Å². The largest absolute Gasteiger partial charge is 0.507 e. The number of carbonyl (C=O) groups excluding carboxylic acids is 1. The van der Waals surface area contributed by atoms with Gasteiger partial charge in [-0.1, -0.05) is 49.4 Å². The molecular formula is C20H21NO2. The number of benzene rings is 2. The first-order valence-corrected chi connectivity index (χ1v) is 8.04. The zero-order chi connectivity index (χ0) is 16.2. The van der Waals surface area contributed by atoms with E-state index in [1.165, 1.54) is 11.1 Å². The molecule has 0 atom stereocenters. The van der Waals surface area contributed by atoms with Crippen molar-refractivity contribution in [3.05, 3.63) is 71.3 Å². The zero-order valence-electron chi connectivity index (χ0n) is 13.3. The van der Waals surface area contributed by atoms with Crippen LogP contribution in [0.2, 0.25) is 0 Å². The molecule has 3 nitrogen and oxygen atoms in total. The van der Waals surface area contributed by atoms with Gasteiger partial charge in [-0.25, -0.2) is 0 Å². The Bertz CT molecular complexity index is 735. The number of nitrogens with zero attached hydrogens (tertiary/aromatic N) is 1. The lowest BCUT2D eigenvalue weighted by molar-refractivity contribution is 0.0769. The molecule has 0 bridgehead atoms. The Labute approximate surface area is 136 Å². The molecule has 0 saturated carbocycles. The summed E-state index contributed by atoms with van der Waals surface area (Å²) in [7, 11) is 0. The summed E-state index contributed by atoms with van der Waals surface area (Å²) in [5, 5.41) is 10.00. The minimum absolute atomic E-state index is 0.0602. The van der Waals surface area contributed by atoms with Crippen LogP contribution in [-0.2, 0) is 6.42 Å². The van der Waals surface area contributed by atoms with Crippen molar-refractivity contribution in [3.8, 4) is 5.75 Å². The van der Waals surface area contributed by atoms with Crippen molar-refractivity contribution in [1.82, 2.24) is 4.90 Å². The summed E-state index contributed by atoms with van der Waals surface area (Å²) in [5.74, 6) is -0.0359. The topological polar surface area (TPSA) is 40.5 Å². The number of rotatable bonds is 3. The van der Waals surface area contributed by atoms with Gasteiger partial charge in [-0.05, 0) is 41.7 Å². The third-order valence-electron chi connectivity index (χ3n) is 4.34. The fourth-order valence-electron chi connectivity index (χ4n) is 2.91. The molecule has 0 saturated heterocycles. The fraction of sp³-hybridized carbons (Fsp3) is 0.250. The van der Waals surface area contributed by atoms with Gasteiger partial charge in [0.05, 0.1) is 5.56 Å². The third kappa shape index (κ3) is 3.29. The lowest BCUT2D eigenvalue weighted by Crippen LogP contribution is -2.34. The van der Waals surface area contributed by atoms with Gasteiger partial charge in [-0.15, -0.1) is 0 Å².